The van der Waals surface area contributed by atoms with E-state index < -0.39 is 33.6 Å². The van der Waals surface area contributed by atoms with E-state index in [2.05, 4.69) is 0 Å². The normalized spacial score (nSPS) is 9.57. The van der Waals surface area contributed by atoms with Crippen molar-refractivity contribution in [2.45, 2.75) is 0 Å². The molecule has 0 radical (unpaired) electrons. The fourth-order valence-electron chi connectivity index (χ4n) is 0.861. The number of nitriles is 1. The van der Waals surface area contributed by atoms with Crippen molar-refractivity contribution in [2.75, 3.05) is 0 Å². The second kappa shape index (κ2) is 3.33. The maximum absolute atomic E-state index is 12.7. The summed E-state index contributed by atoms with van der Waals surface area (Å²) in [6.07, 6.45) is 0. The Morgan fingerprint density at radius 2 is 1.93 bits per heavy atom. The van der Waals surface area contributed by atoms with Gasteiger partial charge in [-0.1, -0.05) is 0 Å². The number of nitro benzene ring substituents is 1. The Kier molecular flexibility index (Phi) is 2.38. The lowest BCUT2D eigenvalue weighted by Crippen LogP contribution is -2.02. The van der Waals surface area contributed by atoms with Gasteiger partial charge in [-0.05, 0) is 0 Å². The summed E-state index contributed by atoms with van der Waals surface area (Å²) >= 11 is 0. The van der Waals surface area contributed by atoms with Crippen molar-refractivity contribution >= 4 is 5.69 Å². The molecule has 0 saturated heterocycles. The van der Waals surface area contributed by atoms with E-state index in [0.717, 1.165) is 6.07 Å². The van der Waals surface area contributed by atoms with Gasteiger partial charge >= 0.3 is 5.69 Å². The van der Waals surface area contributed by atoms with Gasteiger partial charge in [0, 0.05) is 6.07 Å². The SMILES string of the molecule is N#Cc1c(F)cc(F)c(F)c1[N+](=O)[O-]. The van der Waals surface area contributed by atoms with E-state index >= 15 is 0 Å². The zero-order valence-corrected chi connectivity index (χ0v) is 6.42. The molecule has 0 aliphatic carbocycles. The minimum absolute atomic E-state index is 0.0842. The molecule has 0 spiro atoms. The van der Waals surface area contributed by atoms with Crippen LogP contribution in [0.4, 0.5) is 18.9 Å². The lowest BCUT2D eigenvalue weighted by molar-refractivity contribution is -0.388. The van der Waals surface area contributed by atoms with Crippen LogP contribution < -0.4 is 0 Å². The molecule has 0 aliphatic rings. The van der Waals surface area contributed by atoms with Gasteiger partial charge in [0.15, 0.2) is 17.2 Å². The molecule has 1 rings (SSSR count). The van der Waals surface area contributed by atoms with Crippen LogP contribution in [-0.2, 0) is 0 Å². The number of hydrogen-bond acceptors (Lipinski definition) is 3. The van der Waals surface area contributed by atoms with Crippen molar-refractivity contribution in [1.29, 1.82) is 5.26 Å². The van der Waals surface area contributed by atoms with Crippen molar-refractivity contribution < 1.29 is 18.1 Å². The molecule has 0 atom stereocenters. The number of benzene rings is 1. The van der Waals surface area contributed by atoms with Gasteiger partial charge in [-0.2, -0.15) is 9.65 Å². The maximum Gasteiger partial charge on any atom is 0.328 e. The molecule has 72 valence electrons. The first-order valence-corrected chi connectivity index (χ1v) is 3.21. The average Bonchev–Trinajstić information content (AvgIpc) is 2.10. The first-order chi connectivity index (χ1) is 6.49. The van der Waals surface area contributed by atoms with Crippen molar-refractivity contribution in [3.63, 3.8) is 0 Å². The molecular formula is C7HF3N2O2. The zero-order chi connectivity index (χ0) is 10.9. The monoisotopic (exact) mass is 202 g/mol. The number of hydrogen-bond donors (Lipinski definition) is 0. The van der Waals surface area contributed by atoms with E-state index in [1.807, 2.05) is 0 Å². The summed E-state index contributed by atoms with van der Waals surface area (Å²) in [7, 11) is 0. The van der Waals surface area contributed by atoms with Crippen molar-refractivity contribution in [3.05, 3.63) is 39.2 Å². The predicted molar refractivity (Wildman–Crippen MR) is 37.7 cm³/mol. The highest BCUT2D eigenvalue weighted by atomic mass is 19.2. The molecule has 4 nitrogen and oxygen atoms in total. The van der Waals surface area contributed by atoms with Gasteiger partial charge in [0.1, 0.15) is 6.07 Å². The van der Waals surface area contributed by atoms with E-state index in [-0.39, 0.29) is 6.07 Å². The molecular weight excluding hydrogens is 201 g/mol. The van der Waals surface area contributed by atoms with E-state index in [1.54, 1.807) is 0 Å². The molecule has 0 bridgehead atoms. The number of rotatable bonds is 1. The molecule has 0 aliphatic heterocycles. The van der Waals surface area contributed by atoms with E-state index in [4.69, 9.17) is 5.26 Å². The topological polar surface area (TPSA) is 66.9 Å². The van der Waals surface area contributed by atoms with Crippen LogP contribution in [0, 0.1) is 38.9 Å². The molecule has 7 heteroatoms. The zero-order valence-electron chi connectivity index (χ0n) is 6.42. The van der Waals surface area contributed by atoms with Crippen molar-refractivity contribution in [1.82, 2.24) is 0 Å². The Bertz CT molecular complexity index is 453. The number of nitro groups is 1. The second-order valence-corrected chi connectivity index (χ2v) is 2.25. The van der Waals surface area contributed by atoms with E-state index in [9.17, 15) is 23.3 Å². The lowest BCUT2D eigenvalue weighted by Gasteiger charge is -1.98. The minimum Gasteiger partial charge on any atom is -0.258 e. The van der Waals surface area contributed by atoms with Gasteiger partial charge in [-0.25, -0.2) is 8.78 Å². The number of halogens is 3. The summed E-state index contributed by atoms with van der Waals surface area (Å²) in [5.74, 6) is -5.00. The maximum atomic E-state index is 12.7. The first-order valence-electron chi connectivity index (χ1n) is 3.21. The van der Waals surface area contributed by atoms with Crippen LogP contribution in [-0.4, -0.2) is 4.92 Å². The van der Waals surface area contributed by atoms with Crippen LogP contribution in [0.3, 0.4) is 0 Å². The fourth-order valence-corrected chi connectivity index (χ4v) is 0.861. The molecule has 0 N–H and O–H groups in total. The van der Waals surface area contributed by atoms with Crippen LogP contribution in [0.15, 0.2) is 6.07 Å². The quantitative estimate of drug-likeness (QED) is 0.396. The molecule has 0 fully saturated rings. The van der Waals surface area contributed by atoms with Crippen LogP contribution in [0.2, 0.25) is 0 Å². The van der Waals surface area contributed by atoms with Gasteiger partial charge in [0.05, 0.1) is 4.92 Å². The smallest absolute Gasteiger partial charge is 0.258 e. The van der Waals surface area contributed by atoms with Crippen LogP contribution in [0.1, 0.15) is 5.56 Å². The van der Waals surface area contributed by atoms with E-state index in [0.29, 0.717) is 0 Å². The largest absolute Gasteiger partial charge is 0.328 e. The summed E-state index contributed by atoms with van der Waals surface area (Å²) in [5, 5.41) is 18.5. The third-order valence-corrected chi connectivity index (χ3v) is 1.44. The van der Waals surface area contributed by atoms with Gasteiger partial charge in [0.25, 0.3) is 0 Å². The van der Waals surface area contributed by atoms with Crippen LogP contribution in [0.25, 0.3) is 0 Å². The lowest BCUT2D eigenvalue weighted by atomic mass is 10.1. The number of nitrogens with zero attached hydrogens (tertiary/aromatic N) is 2. The van der Waals surface area contributed by atoms with Crippen molar-refractivity contribution in [3.8, 4) is 6.07 Å². The van der Waals surface area contributed by atoms with Gasteiger partial charge < -0.3 is 0 Å². The molecule has 0 heterocycles. The highest BCUT2D eigenvalue weighted by molar-refractivity contribution is 5.50. The Morgan fingerprint density at radius 1 is 1.36 bits per heavy atom. The summed E-state index contributed by atoms with van der Waals surface area (Å²) in [6.45, 7) is 0. The Labute approximate surface area is 75.3 Å². The third-order valence-electron chi connectivity index (χ3n) is 1.44. The molecule has 0 aromatic heterocycles. The predicted octanol–water partition coefficient (Wildman–Crippen LogP) is 1.88. The fraction of sp³-hybridized carbons (Fsp3) is 0. The van der Waals surface area contributed by atoms with Gasteiger partial charge in [0.2, 0.25) is 5.82 Å². The molecule has 1 aromatic carbocycles. The third kappa shape index (κ3) is 1.37. The first kappa shape index (κ1) is 9.98. The minimum atomic E-state index is -1.84. The molecule has 0 unspecified atom stereocenters. The van der Waals surface area contributed by atoms with Gasteiger partial charge in [-0.3, -0.25) is 10.1 Å². The highest BCUT2D eigenvalue weighted by Crippen LogP contribution is 2.26. The van der Waals surface area contributed by atoms with Crippen LogP contribution in [0.5, 0.6) is 0 Å². The Morgan fingerprint density at radius 3 is 2.36 bits per heavy atom. The average molecular weight is 202 g/mol. The van der Waals surface area contributed by atoms with E-state index in [1.165, 1.54) is 0 Å². The summed E-state index contributed by atoms with van der Waals surface area (Å²) in [5.41, 5.74) is -2.60. The standard InChI is InChI=1S/C7HF3N2O2/c8-4-1-5(9)6(10)7(12(13)14)3(4)2-11/h1H. The molecule has 1 aromatic rings. The Balaban J connectivity index is 3.67. The van der Waals surface area contributed by atoms with Crippen LogP contribution >= 0.6 is 0 Å². The second-order valence-electron chi connectivity index (χ2n) is 2.25. The van der Waals surface area contributed by atoms with Crippen molar-refractivity contribution in [2.24, 2.45) is 0 Å². The van der Waals surface area contributed by atoms with Gasteiger partial charge in [-0.15, -0.1) is 0 Å². The molecule has 0 amide bonds. The summed E-state index contributed by atoms with van der Waals surface area (Å²) in [4.78, 5) is 8.84. The summed E-state index contributed by atoms with van der Waals surface area (Å²) < 4.78 is 38.0. The summed E-state index contributed by atoms with van der Waals surface area (Å²) in [6, 6.07) is 1.17. The highest BCUT2D eigenvalue weighted by Gasteiger charge is 2.27. The molecule has 14 heavy (non-hydrogen) atoms. The Hall–Kier alpha value is -2.10. The molecule has 0 saturated carbocycles.